The van der Waals surface area contributed by atoms with Crippen molar-refractivity contribution in [2.75, 3.05) is 0 Å². The van der Waals surface area contributed by atoms with Gasteiger partial charge in [0, 0.05) is 11.8 Å². The smallest absolute Gasteiger partial charge is 0.312 e. The largest absolute Gasteiger partial charge is 0.365 e. The number of nitrogens with zero attached hydrogens (tertiary/aromatic N) is 7. The van der Waals surface area contributed by atoms with Gasteiger partial charge in [-0.3, -0.25) is 0 Å². The predicted octanol–water partition coefficient (Wildman–Crippen LogP) is 4.38. The zero-order valence-electron chi connectivity index (χ0n) is 18.4. The monoisotopic (exact) mass is 479 g/mol. The van der Waals surface area contributed by atoms with Crippen LogP contribution in [0.25, 0.3) is 37.9 Å². The van der Waals surface area contributed by atoms with E-state index in [0.29, 0.717) is 16.6 Å². The first-order chi connectivity index (χ1) is 17.1. The molecule has 35 heavy (non-hydrogen) atoms. The number of benzene rings is 3. The molecule has 0 spiro atoms. The number of hydrogen-bond donors (Lipinski definition) is 0. The second-order valence-electron chi connectivity index (χ2n) is 7.83. The highest BCUT2D eigenvalue weighted by Crippen LogP contribution is 2.30. The Morgan fingerprint density at radius 2 is 1.60 bits per heavy atom. The Labute approximate surface area is 203 Å². The number of carbonyl (C=O) groups is 1. The van der Waals surface area contributed by atoms with E-state index < -0.39 is 5.97 Å². The fraction of sp³-hybridized carbons (Fsp3) is 0.0400. The number of carbonyl (C=O) groups excluding carboxylic acids is 1. The molecule has 6 aromatic rings. The third-order valence-electron chi connectivity index (χ3n) is 5.41. The predicted molar refractivity (Wildman–Crippen MR) is 131 cm³/mol. The summed E-state index contributed by atoms with van der Waals surface area (Å²) < 4.78 is 1.81. The summed E-state index contributed by atoms with van der Waals surface area (Å²) in [5, 5.41) is 22.5. The molecule has 0 amide bonds. The first-order valence-electron chi connectivity index (χ1n) is 10.7. The van der Waals surface area contributed by atoms with Crippen LogP contribution in [0.3, 0.4) is 0 Å². The molecule has 0 radical (unpaired) electrons. The van der Waals surface area contributed by atoms with Crippen LogP contribution >= 0.6 is 11.3 Å². The maximum absolute atomic E-state index is 12.6. The Morgan fingerprint density at radius 3 is 2.40 bits per heavy atom. The standard InChI is InChI=1S/C25H17N7O2S/c1-16-6-12-20(13-7-16)31-15-19(14-26-31)24-29-28-23(35-24)17-8-10-18(11-9-17)25(33)34-32-22-5-3-2-4-21(22)27-30-32/h2-15H,1H3. The van der Waals surface area contributed by atoms with E-state index in [1.54, 1.807) is 30.5 Å². The molecule has 10 heteroatoms. The van der Waals surface area contributed by atoms with Gasteiger partial charge >= 0.3 is 5.97 Å². The molecule has 0 fully saturated rings. The van der Waals surface area contributed by atoms with Gasteiger partial charge in [-0.05, 0) is 48.5 Å². The zero-order valence-corrected chi connectivity index (χ0v) is 19.3. The number of fused-ring (bicyclic) bond motifs is 1. The van der Waals surface area contributed by atoms with E-state index in [0.717, 1.165) is 31.7 Å². The Hall–Kier alpha value is -4.70. The van der Waals surface area contributed by atoms with Crippen molar-refractivity contribution in [1.29, 1.82) is 0 Å². The van der Waals surface area contributed by atoms with E-state index in [1.807, 2.05) is 59.4 Å². The molecule has 0 saturated heterocycles. The van der Waals surface area contributed by atoms with Gasteiger partial charge < -0.3 is 4.84 Å². The Kier molecular flexibility index (Phi) is 5.12. The lowest BCUT2D eigenvalue weighted by Gasteiger charge is -2.04. The first kappa shape index (κ1) is 20.9. The lowest BCUT2D eigenvalue weighted by Crippen LogP contribution is -2.20. The highest BCUT2D eigenvalue weighted by Gasteiger charge is 2.15. The van der Waals surface area contributed by atoms with E-state index in [9.17, 15) is 4.79 Å². The molecular weight excluding hydrogens is 462 g/mol. The number of rotatable bonds is 5. The van der Waals surface area contributed by atoms with E-state index in [1.165, 1.54) is 16.9 Å². The molecule has 0 N–H and O–H groups in total. The summed E-state index contributed by atoms with van der Waals surface area (Å²) in [5.41, 5.74) is 5.56. The molecule has 3 aromatic heterocycles. The summed E-state index contributed by atoms with van der Waals surface area (Å²) in [6.45, 7) is 2.05. The second kappa shape index (κ2) is 8.58. The molecule has 0 aliphatic carbocycles. The van der Waals surface area contributed by atoms with E-state index >= 15 is 0 Å². The molecule has 0 atom stereocenters. The maximum Gasteiger partial charge on any atom is 0.365 e. The van der Waals surface area contributed by atoms with E-state index in [2.05, 4.69) is 32.5 Å². The molecule has 0 unspecified atom stereocenters. The molecule has 6 rings (SSSR count). The zero-order chi connectivity index (χ0) is 23.8. The number of aromatic nitrogens is 7. The minimum absolute atomic E-state index is 0.387. The SMILES string of the molecule is Cc1ccc(-n2cc(-c3nnc(-c4ccc(C(=O)On5nnc6ccccc65)cc4)s3)cn2)cc1. The van der Waals surface area contributed by atoms with Crippen molar-refractivity contribution in [3.63, 3.8) is 0 Å². The van der Waals surface area contributed by atoms with Crippen molar-refractivity contribution in [2.45, 2.75) is 6.92 Å². The number of aryl methyl sites for hydroxylation is 1. The van der Waals surface area contributed by atoms with Gasteiger partial charge in [-0.25, -0.2) is 9.48 Å². The Morgan fingerprint density at radius 1 is 0.857 bits per heavy atom. The van der Waals surface area contributed by atoms with Gasteiger partial charge in [0.1, 0.15) is 16.0 Å². The van der Waals surface area contributed by atoms with Crippen molar-refractivity contribution in [3.05, 3.63) is 96.3 Å². The molecule has 3 aromatic carbocycles. The second-order valence-corrected chi connectivity index (χ2v) is 8.81. The molecule has 0 bridgehead atoms. The van der Waals surface area contributed by atoms with Crippen molar-refractivity contribution in [2.24, 2.45) is 0 Å². The van der Waals surface area contributed by atoms with Crippen molar-refractivity contribution < 1.29 is 9.63 Å². The molecular formula is C25H17N7O2S. The number of hydrogen-bond acceptors (Lipinski definition) is 8. The minimum atomic E-state index is -0.534. The molecule has 9 nitrogen and oxygen atoms in total. The highest BCUT2D eigenvalue weighted by atomic mass is 32.1. The van der Waals surface area contributed by atoms with Gasteiger partial charge in [-0.2, -0.15) is 5.10 Å². The molecule has 0 aliphatic heterocycles. The van der Waals surface area contributed by atoms with Gasteiger partial charge in [0.15, 0.2) is 5.01 Å². The molecule has 170 valence electrons. The van der Waals surface area contributed by atoms with Crippen LogP contribution in [0.15, 0.2) is 85.2 Å². The normalized spacial score (nSPS) is 11.1. The van der Waals surface area contributed by atoms with Crippen LogP contribution in [0.4, 0.5) is 0 Å². The summed E-state index contributed by atoms with van der Waals surface area (Å²) in [6, 6.07) is 22.4. The van der Waals surface area contributed by atoms with Crippen LogP contribution in [0, 0.1) is 6.92 Å². The fourth-order valence-electron chi connectivity index (χ4n) is 3.52. The van der Waals surface area contributed by atoms with Crippen molar-refractivity contribution in [1.82, 2.24) is 35.1 Å². The van der Waals surface area contributed by atoms with E-state index in [-0.39, 0.29) is 0 Å². The minimum Gasteiger partial charge on any atom is -0.312 e. The average Bonchev–Trinajstić information content (AvgIpc) is 3.65. The fourth-order valence-corrected chi connectivity index (χ4v) is 4.35. The Balaban J connectivity index is 1.18. The van der Waals surface area contributed by atoms with Crippen LogP contribution in [-0.4, -0.2) is 41.1 Å². The molecule has 0 saturated carbocycles. The van der Waals surface area contributed by atoms with Crippen LogP contribution in [0.1, 0.15) is 15.9 Å². The van der Waals surface area contributed by atoms with Crippen molar-refractivity contribution >= 4 is 28.3 Å². The summed E-state index contributed by atoms with van der Waals surface area (Å²) >= 11 is 1.46. The number of para-hydroxylation sites is 1. The topological polar surface area (TPSA) is 101 Å². The van der Waals surface area contributed by atoms with Gasteiger partial charge in [0.05, 0.1) is 23.0 Å². The van der Waals surface area contributed by atoms with Crippen LogP contribution in [-0.2, 0) is 0 Å². The van der Waals surface area contributed by atoms with Crippen LogP contribution in [0.2, 0.25) is 0 Å². The van der Waals surface area contributed by atoms with Gasteiger partial charge in [0.2, 0.25) is 0 Å². The summed E-state index contributed by atoms with van der Waals surface area (Å²) in [7, 11) is 0. The summed E-state index contributed by atoms with van der Waals surface area (Å²) in [4.78, 5) is 19.1. The van der Waals surface area contributed by atoms with E-state index in [4.69, 9.17) is 4.84 Å². The quantitative estimate of drug-likeness (QED) is 0.338. The third-order valence-corrected chi connectivity index (χ3v) is 6.43. The Bertz CT molecular complexity index is 1650. The van der Waals surface area contributed by atoms with Gasteiger partial charge in [0.25, 0.3) is 0 Å². The van der Waals surface area contributed by atoms with Gasteiger partial charge in [-0.15, -0.1) is 15.3 Å². The maximum atomic E-state index is 12.6. The highest BCUT2D eigenvalue weighted by molar-refractivity contribution is 7.17. The van der Waals surface area contributed by atoms with Gasteiger partial charge in [-0.1, -0.05) is 58.1 Å². The van der Waals surface area contributed by atoms with Crippen LogP contribution < -0.4 is 4.84 Å². The lowest BCUT2D eigenvalue weighted by atomic mass is 10.1. The average molecular weight is 480 g/mol. The lowest BCUT2D eigenvalue weighted by molar-refractivity contribution is 0.0409. The van der Waals surface area contributed by atoms with Crippen molar-refractivity contribution in [3.8, 4) is 26.8 Å². The van der Waals surface area contributed by atoms with Crippen LogP contribution in [0.5, 0.6) is 0 Å². The molecule has 0 aliphatic rings. The first-order valence-corrected chi connectivity index (χ1v) is 11.5. The summed E-state index contributed by atoms with van der Waals surface area (Å²) in [5.74, 6) is -0.534. The summed E-state index contributed by atoms with van der Waals surface area (Å²) in [6.07, 6.45) is 3.71. The third kappa shape index (κ3) is 4.06. The molecule has 3 heterocycles.